The Morgan fingerprint density at radius 3 is 3.10 bits per heavy atom. The van der Waals surface area contributed by atoms with Gasteiger partial charge in [-0.2, -0.15) is 5.10 Å². The zero-order valence-electron chi connectivity index (χ0n) is 10.7. The van der Waals surface area contributed by atoms with Crippen LogP contribution in [0, 0.1) is 0 Å². The van der Waals surface area contributed by atoms with Crippen LogP contribution in [0.1, 0.15) is 23.0 Å². The predicted molar refractivity (Wildman–Crippen MR) is 77.4 cm³/mol. The van der Waals surface area contributed by atoms with Crippen LogP contribution < -0.4 is 5.43 Å². The molecule has 0 amide bonds. The van der Waals surface area contributed by atoms with Crippen LogP contribution in [0.5, 0.6) is 5.75 Å². The number of para-hydroxylation sites is 1. The number of hydrogen-bond acceptors (Lipinski definition) is 7. The summed E-state index contributed by atoms with van der Waals surface area (Å²) in [6, 6.07) is 6.83. The van der Waals surface area contributed by atoms with Gasteiger partial charge in [0.1, 0.15) is 5.75 Å². The summed E-state index contributed by atoms with van der Waals surface area (Å²) < 4.78 is 4.84. The van der Waals surface area contributed by atoms with Gasteiger partial charge in [0.15, 0.2) is 5.69 Å². The van der Waals surface area contributed by atoms with Crippen molar-refractivity contribution in [1.29, 1.82) is 0 Å². The molecule has 0 saturated heterocycles. The van der Waals surface area contributed by atoms with Gasteiger partial charge < -0.3 is 9.84 Å². The van der Waals surface area contributed by atoms with Crippen LogP contribution in [-0.2, 0) is 4.74 Å². The molecule has 0 unspecified atom stereocenters. The largest absolute Gasteiger partial charge is 0.507 e. The second-order valence-corrected chi connectivity index (χ2v) is 4.55. The van der Waals surface area contributed by atoms with Crippen molar-refractivity contribution in [3.8, 4) is 5.75 Å². The van der Waals surface area contributed by atoms with Crippen LogP contribution in [0.15, 0.2) is 34.7 Å². The van der Waals surface area contributed by atoms with Crippen LogP contribution in [0.25, 0.3) is 0 Å². The van der Waals surface area contributed by atoms with Crippen molar-refractivity contribution in [3.05, 3.63) is 40.9 Å². The molecule has 0 aliphatic carbocycles. The number of hydrazone groups is 1. The number of rotatable bonds is 5. The Bertz CT molecular complexity index is 625. The highest BCUT2D eigenvalue weighted by atomic mass is 32.1. The van der Waals surface area contributed by atoms with Gasteiger partial charge in [0, 0.05) is 10.9 Å². The second kappa shape index (κ2) is 6.67. The fourth-order valence-electron chi connectivity index (χ4n) is 1.38. The summed E-state index contributed by atoms with van der Waals surface area (Å²) in [6.45, 7) is 2.05. The molecule has 0 bridgehead atoms. The van der Waals surface area contributed by atoms with E-state index in [1.54, 1.807) is 36.6 Å². The first-order valence-electron chi connectivity index (χ1n) is 5.90. The van der Waals surface area contributed by atoms with Crippen LogP contribution in [-0.4, -0.2) is 28.9 Å². The molecule has 1 heterocycles. The number of nitrogens with one attached hydrogen (secondary N) is 1. The lowest BCUT2D eigenvalue weighted by atomic mass is 10.2. The van der Waals surface area contributed by atoms with Crippen LogP contribution in [0.4, 0.5) is 5.13 Å². The second-order valence-electron chi connectivity index (χ2n) is 3.69. The molecule has 0 aliphatic rings. The van der Waals surface area contributed by atoms with Crippen molar-refractivity contribution in [2.24, 2.45) is 5.10 Å². The number of thiazole rings is 1. The standard InChI is InChI=1S/C13H13N3O3S/c1-2-19-12(18)10-8-20-13(15-10)16-14-7-9-5-3-4-6-11(9)17/h3-8,17H,2H2,1H3,(H,15,16)/b14-7+. The van der Waals surface area contributed by atoms with Crippen molar-refractivity contribution in [1.82, 2.24) is 4.98 Å². The molecule has 6 nitrogen and oxygen atoms in total. The number of esters is 1. The van der Waals surface area contributed by atoms with E-state index in [1.807, 2.05) is 0 Å². The highest BCUT2D eigenvalue weighted by Crippen LogP contribution is 2.17. The maximum absolute atomic E-state index is 11.4. The van der Waals surface area contributed by atoms with E-state index >= 15 is 0 Å². The van der Waals surface area contributed by atoms with E-state index in [1.165, 1.54) is 17.6 Å². The van der Waals surface area contributed by atoms with Crippen LogP contribution >= 0.6 is 11.3 Å². The molecule has 7 heteroatoms. The maximum Gasteiger partial charge on any atom is 0.357 e. The molecule has 20 heavy (non-hydrogen) atoms. The zero-order chi connectivity index (χ0) is 14.4. The number of anilines is 1. The average Bonchev–Trinajstić information content (AvgIpc) is 2.90. The van der Waals surface area contributed by atoms with Gasteiger partial charge in [-0.05, 0) is 19.1 Å². The van der Waals surface area contributed by atoms with Crippen LogP contribution in [0.2, 0.25) is 0 Å². The molecule has 1 aromatic heterocycles. The number of ether oxygens (including phenoxy) is 1. The summed E-state index contributed by atoms with van der Waals surface area (Å²) in [5.74, 6) is -0.314. The molecule has 1 aromatic carbocycles. The summed E-state index contributed by atoms with van der Waals surface area (Å²) >= 11 is 1.24. The molecule has 104 valence electrons. The number of phenolic OH excluding ortho intramolecular Hbond substituents is 1. The quantitative estimate of drug-likeness (QED) is 0.502. The van der Waals surface area contributed by atoms with E-state index in [0.29, 0.717) is 17.3 Å². The number of nitrogens with zero attached hydrogens (tertiary/aromatic N) is 2. The van der Waals surface area contributed by atoms with E-state index in [4.69, 9.17) is 4.74 Å². The number of carbonyl (C=O) groups is 1. The van der Waals surface area contributed by atoms with Gasteiger partial charge in [0.2, 0.25) is 5.13 Å². The maximum atomic E-state index is 11.4. The molecular formula is C13H13N3O3S. The van der Waals surface area contributed by atoms with Gasteiger partial charge in [-0.15, -0.1) is 11.3 Å². The Morgan fingerprint density at radius 1 is 1.55 bits per heavy atom. The van der Waals surface area contributed by atoms with E-state index in [9.17, 15) is 9.90 Å². The van der Waals surface area contributed by atoms with Gasteiger partial charge in [0.25, 0.3) is 0 Å². The third kappa shape index (κ3) is 3.55. The monoisotopic (exact) mass is 291 g/mol. The van der Waals surface area contributed by atoms with E-state index in [-0.39, 0.29) is 11.4 Å². The van der Waals surface area contributed by atoms with Crippen molar-refractivity contribution in [3.63, 3.8) is 0 Å². The Morgan fingerprint density at radius 2 is 2.35 bits per heavy atom. The van der Waals surface area contributed by atoms with Gasteiger partial charge in [0.05, 0.1) is 12.8 Å². The number of phenols is 1. The molecular weight excluding hydrogens is 278 g/mol. The summed E-state index contributed by atoms with van der Waals surface area (Å²) in [6.07, 6.45) is 1.47. The minimum Gasteiger partial charge on any atom is -0.507 e. The summed E-state index contributed by atoms with van der Waals surface area (Å²) in [5.41, 5.74) is 3.53. The van der Waals surface area contributed by atoms with Gasteiger partial charge in [-0.25, -0.2) is 9.78 Å². The fraction of sp³-hybridized carbons (Fsp3) is 0.154. The minimum absolute atomic E-state index is 0.143. The van der Waals surface area contributed by atoms with Crippen molar-refractivity contribution < 1.29 is 14.6 Å². The van der Waals surface area contributed by atoms with E-state index < -0.39 is 5.97 Å². The summed E-state index contributed by atoms with van der Waals surface area (Å²) in [5, 5.41) is 15.6. The fourth-order valence-corrected chi connectivity index (χ4v) is 2.01. The minimum atomic E-state index is -0.457. The third-order valence-corrected chi connectivity index (χ3v) is 3.04. The lowest BCUT2D eigenvalue weighted by molar-refractivity contribution is 0.0520. The molecule has 0 radical (unpaired) electrons. The van der Waals surface area contributed by atoms with Crippen molar-refractivity contribution >= 4 is 28.7 Å². The molecule has 0 saturated carbocycles. The Balaban J connectivity index is 1.98. The topological polar surface area (TPSA) is 83.8 Å². The first kappa shape index (κ1) is 14.0. The van der Waals surface area contributed by atoms with Crippen molar-refractivity contribution in [2.45, 2.75) is 6.92 Å². The lowest BCUT2D eigenvalue weighted by Gasteiger charge is -1.97. The lowest BCUT2D eigenvalue weighted by Crippen LogP contribution is -2.04. The van der Waals surface area contributed by atoms with E-state index in [2.05, 4.69) is 15.5 Å². The number of hydrogen-bond donors (Lipinski definition) is 2. The number of benzene rings is 1. The molecule has 0 spiro atoms. The number of aromatic nitrogens is 1. The molecule has 2 aromatic rings. The summed E-state index contributed by atoms with van der Waals surface area (Å²) in [7, 11) is 0. The smallest absolute Gasteiger partial charge is 0.357 e. The average molecular weight is 291 g/mol. The van der Waals surface area contributed by atoms with Gasteiger partial charge >= 0.3 is 5.97 Å². The molecule has 0 fully saturated rings. The SMILES string of the molecule is CCOC(=O)c1csc(N/N=C/c2ccccc2O)n1. The summed E-state index contributed by atoms with van der Waals surface area (Å²) in [4.78, 5) is 15.5. The number of carbonyl (C=O) groups excluding carboxylic acids is 1. The first-order valence-corrected chi connectivity index (χ1v) is 6.78. The molecule has 0 atom stereocenters. The van der Waals surface area contributed by atoms with Crippen LogP contribution in [0.3, 0.4) is 0 Å². The first-order chi connectivity index (χ1) is 9.70. The zero-order valence-corrected chi connectivity index (χ0v) is 11.6. The Kier molecular flexibility index (Phi) is 4.67. The predicted octanol–water partition coefficient (Wildman–Crippen LogP) is 2.47. The third-order valence-electron chi connectivity index (χ3n) is 2.29. The van der Waals surface area contributed by atoms with Crippen molar-refractivity contribution in [2.75, 3.05) is 12.0 Å². The molecule has 0 aliphatic heterocycles. The highest BCUT2D eigenvalue weighted by Gasteiger charge is 2.10. The molecule has 2 N–H and O–H groups in total. The molecule has 2 rings (SSSR count). The Hall–Kier alpha value is -2.41. The Labute approximate surface area is 119 Å². The van der Waals surface area contributed by atoms with Gasteiger partial charge in [-0.1, -0.05) is 12.1 Å². The number of aromatic hydroxyl groups is 1. The highest BCUT2D eigenvalue weighted by molar-refractivity contribution is 7.13. The normalized spacial score (nSPS) is 10.7. The van der Waals surface area contributed by atoms with Gasteiger partial charge in [-0.3, -0.25) is 5.43 Å². The van der Waals surface area contributed by atoms with E-state index in [0.717, 1.165) is 0 Å².